The maximum Gasteiger partial charge on any atom is 0.275 e. The third kappa shape index (κ3) is 3.88. The van der Waals surface area contributed by atoms with Crippen molar-refractivity contribution in [2.75, 3.05) is 10.2 Å². The van der Waals surface area contributed by atoms with Crippen LogP contribution in [0.5, 0.6) is 0 Å². The van der Waals surface area contributed by atoms with E-state index in [0.717, 1.165) is 20.3 Å². The SMILES string of the molecule is O=C1C(Nc2ccc(Br)cc2)=CC(c2cccc(F)c2)N1c1ccc(Br)cc1. The first-order valence-electron chi connectivity index (χ1n) is 8.60. The van der Waals surface area contributed by atoms with Crippen LogP contribution in [0.1, 0.15) is 11.6 Å². The van der Waals surface area contributed by atoms with Gasteiger partial charge in [0.05, 0.1) is 6.04 Å². The van der Waals surface area contributed by atoms with Crippen molar-refractivity contribution in [3.05, 3.63) is 105 Å². The number of nitrogens with one attached hydrogen (secondary N) is 1. The van der Waals surface area contributed by atoms with Crippen LogP contribution in [0.25, 0.3) is 0 Å². The van der Waals surface area contributed by atoms with Crippen molar-refractivity contribution in [2.24, 2.45) is 0 Å². The van der Waals surface area contributed by atoms with E-state index in [4.69, 9.17) is 0 Å². The van der Waals surface area contributed by atoms with E-state index in [2.05, 4.69) is 37.2 Å². The molecule has 0 bridgehead atoms. The molecule has 1 aliphatic rings. The van der Waals surface area contributed by atoms with Crippen molar-refractivity contribution < 1.29 is 9.18 Å². The minimum absolute atomic E-state index is 0.167. The highest BCUT2D eigenvalue weighted by Crippen LogP contribution is 2.36. The molecular formula is C22H15Br2FN2O. The van der Waals surface area contributed by atoms with Crippen LogP contribution in [0, 0.1) is 5.82 Å². The van der Waals surface area contributed by atoms with E-state index in [1.54, 1.807) is 11.0 Å². The topological polar surface area (TPSA) is 32.3 Å². The molecule has 0 aliphatic carbocycles. The van der Waals surface area contributed by atoms with Gasteiger partial charge in [0.1, 0.15) is 11.5 Å². The summed E-state index contributed by atoms with van der Waals surface area (Å²) in [6, 6.07) is 21.0. The lowest BCUT2D eigenvalue weighted by Gasteiger charge is -2.25. The van der Waals surface area contributed by atoms with Gasteiger partial charge in [-0.3, -0.25) is 9.69 Å². The zero-order valence-electron chi connectivity index (χ0n) is 14.6. The van der Waals surface area contributed by atoms with E-state index in [0.29, 0.717) is 11.3 Å². The van der Waals surface area contributed by atoms with Crippen molar-refractivity contribution in [3.63, 3.8) is 0 Å². The lowest BCUT2D eigenvalue weighted by Crippen LogP contribution is -2.30. The first kappa shape index (κ1) is 18.9. The summed E-state index contributed by atoms with van der Waals surface area (Å²) >= 11 is 6.82. The minimum Gasteiger partial charge on any atom is -0.351 e. The lowest BCUT2D eigenvalue weighted by atomic mass is 10.1. The Morgan fingerprint density at radius 1 is 0.893 bits per heavy atom. The van der Waals surface area contributed by atoms with Crippen molar-refractivity contribution in [3.8, 4) is 0 Å². The molecule has 0 fully saturated rings. The highest BCUT2D eigenvalue weighted by molar-refractivity contribution is 9.10. The minimum atomic E-state index is -0.401. The molecule has 1 amide bonds. The van der Waals surface area contributed by atoms with Gasteiger partial charge in [0.15, 0.2) is 0 Å². The Hall–Kier alpha value is -2.44. The van der Waals surface area contributed by atoms with Gasteiger partial charge in [-0.2, -0.15) is 0 Å². The van der Waals surface area contributed by atoms with Gasteiger partial charge in [-0.1, -0.05) is 44.0 Å². The molecule has 3 nitrogen and oxygen atoms in total. The Kier molecular flexibility index (Phi) is 5.33. The number of hydrogen-bond donors (Lipinski definition) is 1. The second-order valence-corrected chi connectivity index (χ2v) is 8.20. The summed E-state index contributed by atoms with van der Waals surface area (Å²) in [6.45, 7) is 0. The summed E-state index contributed by atoms with van der Waals surface area (Å²) < 4.78 is 15.7. The molecule has 140 valence electrons. The normalized spacial score (nSPS) is 16.2. The van der Waals surface area contributed by atoms with Crippen LogP contribution in [-0.2, 0) is 4.79 Å². The number of hydrogen-bond acceptors (Lipinski definition) is 2. The smallest absolute Gasteiger partial charge is 0.275 e. The molecule has 28 heavy (non-hydrogen) atoms. The molecule has 0 spiro atoms. The molecule has 1 aliphatic heterocycles. The van der Waals surface area contributed by atoms with E-state index in [-0.39, 0.29) is 11.7 Å². The maximum absolute atomic E-state index is 13.8. The molecule has 1 atom stereocenters. The molecule has 1 heterocycles. The fourth-order valence-corrected chi connectivity index (χ4v) is 3.69. The number of rotatable bonds is 4. The van der Waals surface area contributed by atoms with E-state index in [1.807, 2.05) is 60.7 Å². The number of halogens is 3. The quantitative estimate of drug-likeness (QED) is 0.446. The van der Waals surface area contributed by atoms with Crippen LogP contribution >= 0.6 is 31.9 Å². The molecule has 3 aromatic carbocycles. The monoisotopic (exact) mass is 500 g/mol. The number of carbonyl (C=O) groups excluding carboxylic acids is 1. The Morgan fingerprint density at radius 3 is 2.18 bits per heavy atom. The predicted molar refractivity (Wildman–Crippen MR) is 117 cm³/mol. The van der Waals surface area contributed by atoms with Gasteiger partial charge in [0.25, 0.3) is 5.91 Å². The maximum atomic E-state index is 13.8. The van der Waals surface area contributed by atoms with Gasteiger partial charge in [0, 0.05) is 20.3 Å². The van der Waals surface area contributed by atoms with Crippen LogP contribution in [0.3, 0.4) is 0 Å². The first-order valence-corrected chi connectivity index (χ1v) is 10.2. The van der Waals surface area contributed by atoms with E-state index in [9.17, 15) is 9.18 Å². The van der Waals surface area contributed by atoms with Crippen LogP contribution < -0.4 is 10.2 Å². The van der Waals surface area contributed by atoms with Crippen LogP contribution in [-0.4, -0.2) is 5.91 Å². The summed E-state index contributed by atoms with van der Waals surface area (Å²) in [6.07, 6.45) is 1.83. The third-order valence-electron chi connectivity index (χ3n) is 4.47. The standard InChI is InChI=1S/C22H15Br2FN2O/c23-15-4-8-18(9-5-15)26-20-13-21(14-2-1-3-17(25)12-14)27(22(20)28)19-10-6-16(24)7-11-19/h1-13,21,26H. The number of anilines is 2. The molecule has 0 saturated carbocycles. The first-order chi connectivity index (χ1) is 13.5. The van der Waals surface area contributed by atoms with Gasteiger partial charge >= 0.3 is 0 Å². The highest BCUT2D eigenvalue weighted by atomic mass is 79.9. The molecule has 0 radical (unpaired) electrons. The zero-order chi connectivity index (χ0) is 19.7. The molecule has 1 unspecified atom stereocenters. The van der Waals surface area contributed by atoms with E-state index in [1.165, 1.54) is 12.1 Å². The molecule has 0 aromatic heterocycles. The second-order valence-electron chi connectivity index (χ2n) is 6.36. The van der Waals surface area contributed by atoms with Gasteiger partial charge in [0.2, 0.25) is 0 Å². The lowest BCUT2D eigenvalue weighted by molar-refractivity contribution is -0.114. The molecule has 4 rings (SSSR count). The van der Waals surface area contributed by atoms with Gasteiger partial charge in [-0.25, -0.2) is 4.39 Å². The zero-order valence-corrected chi connectivity index (χ0v) is 17.7. The highest BCUT2D eigenvalue weighted by Gasteiger charge is 2.34. The number of nitrogens with zero attached hydrogens (tertiary/aromatic N) is 1. The molecule has 0 saturated heterocycles. The summed E-state index contributed by atoms with van der Waals surface area (Å²) in [5, 5.41) is 3.19. The van der Waals surface area contributed by atoms with Crippen LogP contribution in [0.4, 0.5) is 15.8 Å². The molecule has 1 N–H and O–H groups in total. The predicted octanol–water partition coefficient (Wildman–Crippen LogP) is 6.43. The Bertz CT molecular complexity index is 1050. The largest absolute Gasteiger partial charge is 0.351 e. The van der Waals surface area contributed by atoms with Crippen LogP contribution in [0.15, 0.2) is 93.5 Å². The second kappa shape index (κ2) is 7.89. The van der Waals surface area contributed by atoms with Crippen molar-refractivity contribution >= 4 is 49.1 Å². The summed E-state index contributed by atoms with van der Waals surface area (Å²) in [4.78, 5) is 14.9. The number of carbonyl (C=O) groups is 1. The van der Waals surface area contributed by atoms with Gasteiger partial charge < -0.3 is 5.32 Å². The van der Waals surface area contributed by atoms with Crippen molar-refractivity contribution in [2.45, 2.75) is 6.04 Å². The number of benzene rings is 3. The third-order valence-corrected chi connectivity index (χ3v) is 5.53. The number of amides is 1. The molecular weight excluding hydrogens is 487 g/mol. The van der Waals surface area contributed by atoms with Crippen LogP contribution in [0.2, 0.25) is 0 Å². The fourth-order valence-electron chi connectivity index (χ4n) is 3.16. The Labute approximate surface area is 179 Å². The van der Waals surface area contributed by atoms with Crippen molar-refractivity contribution in [1.82, 2.24) is 0 Å². The average Bonchev–Trinajstić information content (AvgIpc) is 3.01. The van der Waals surface area contributed by atoms with Gasteiger partial charge in [-0.05, 0) is 72.3 Å². The Morgan fingerprint density at radius 2 is 1.54 bits per heavy atom. The molecule has 3 aromatic rings. The summed E-state index contributed by atoms with van der Waals surface area (Å²) in [5.41, 5.74) is 2.72. The van der Waals surface area contributed by atoms with Gasteiger partial charge in [-0.15, -0.1) is 0 Å². The fraction of sp³-hybridized carbons (Fsp3) is 0.0455. The molecule has 6 heteroatoms. The van der Waals surface area contributed by atoms with Crippen molar-refractivity contribution in [1.29, 1.82) is 0 Å². The van der Waals surface area contributed by atoms with E-state index < -0.39 is 6.04 Å². The average molecular weight is 502 g/mol. The van der Waals surface area contributed by atoms with E-state index >= 15 is 0 Å². The Balaban J connectivity index is 1.73. The summed E-state index contributed by atoms with van der Waals surface area (Å²) in [7, 11) is 0. The summed E-state index contributed by atoms with van der Waals surface area (Å²) in [5.74, 6) is -0.497.